The SMILES string of the molecule is CCCCc1ccc2c(c1)-c1c[nH]c(=O)cc1C(COC)N=C2c1ccc(F)cc1. The zero-order valence-electron chi connectivity index (χ0n) is 17.2. The molecule has 0 fully saturated rings. The van der Waals surface area contributed by atoms with E-state index in [0.29, 0.717) is 6.61 Å². The van der Waals surface area contributed by atoms with Gasteiger partial charge in [-0.3, -0.25) is 9.79 Å². The van der Waals surface area contributed by atoms with Crippen LogP contribution in [0.3, 0.4) is 0 Å². The van der Waals surface area contributed by atoms with Gasteiger partial charge in [-0.05, 0) is 53.8 Å². The van der Waals surface area contributed by atoms with Crippen LogP contribution in [0.4, 0.5) is 4.39 Å². The second kappa shape index (κ2) is 8.76. The van der Waals surface area contributed by atoms with Crippen molar-refractivity contribution in [2.24, 2.45) is 4.99 Å². The summed E-state index contributed by atoms with van der Waals surface area (Å²) in [5.41, 5.74) is 6.47. The number of H-pyrrole nitrogens is 1. The molecule has 4 nitrogen and oxygen atoms in total. The molecule has 0 radical (unpaired) electrons. The summed E-state index contributed by atoms with van der Waals surface area (Å²) in [5, 5.41) is 0. The molecule has 0 bridgehead atoms. The van der Waals surface area contributed by atoms with Gasteiger partial charge in [0.15, 0.2) is 0 Å². The maximum atomic E-state index is 13.6. The molecule has 0 saturated carbocycles. The Bertz CT molecular complexity index is 1130. The van der Waals surface area contributed by atoms with Crippen molar-refractivity contribution in [3.8, 4) is 11.1 Å². The summed E-state index contributed by atoms with van der Waals surface area (Å²) in [6, 6.07) is 14.1. The number of aliphatic imine (C=N–C) groups is 1. The van der Waals surface area contributed by atoms with E-state index in [0.717, 1.165) is 52.8 Å². The molecule has 2 heterocycles. The Morgan fingerprint density at radius 3 is 2.60 bits per heavy atom. The Kier molecular flexibility index (Phi) is 5.91. The molecule has 1 aliphatic rings. The Morgan fingerprint density at radius 2 is 1.87 bits per heavy atom. The molecule has 0 amide bonds. The number of nitrogens with zero attached hydrogens (tertiary/aromatic N) is 1. The second-order valence-corrected chi connectivity index (χ2v) is 7.61. The normalized spacial score (nSPS) is 15.2. The van der Waals surface area contributed by atoms with Crippen LogP contribution in [0.25, 0.3) is 11.1 Å². The molecule has 30 heavy (non-hydrogen) atoms. The molecule has 1 unspecified atom stereocenters. The van der Waals surface area contributed by atoms with Gasteiger partial charge < -0.3 is 9.72 Å². The first-order valence-corrected chi connectivity index (χ1v) is 10.3. The number of methoxy groups -OCH3 is 1. The molecule has 1 N–H and O–H groups in total. The van der Waals surface area contributed by atoms with Gasteiger partial charge in [0.2, 0.25) is 5.56 Å². The number of pyridine rings is 1. The van der Waals surface area contributed by atoms with E-state index in [1.165, 1.54) is 17.7 Å². The summed E-state index contributed by atoms with van der Waals surface area (Å²) in [5.74, 6) is -0.287. The quantitative estimate of drug-likeness (QED) is 0.624. The molecule has 4 rings (SSSR count). The lowest BCUT2D eigenvalue weighted by molar-refractivity contribution is 0.182. The van der Waals surface area contributed by atoms with Crippen LogP contribution in [0.15, 0.2) is 64.5 Å². The molecular weight excluding hydrogens is 379 g/mol. The molecule has 5 heteroatoms. The number of aromatic amines is 1. The van der Waals surface area contributed by atoms with Gasteiger partial charge in [0.05, 0.1) is 18.4 Å². The zero-order chi connectivity index (χ0) is 21.1. The lowest BCUT2D eigenvalue weighted by Crippen LogP contribution is -2.12. The zero-order valence-corrected chi connectivity index (χ0v) is 17.2. The first-order valence-electron chi connectivity index (χ1n) is 10.3. The van der Waals surface area contributed by atoms with Crippen LogP contribution >= 0.6 is 0 Å². The van der Waals surface area contributed by atoms with Crippen molar-refractivity contribution in [2.45, 2.75) is 32.2 Å². The van der Waals surface area contributed by atoms with Crippen LogP contribution in [0.5, 0.6) is 0 Å². The first kappa shape index (κ1) is 20.2. The summed E-state index contributed by atoms with van der Waals surface area (Å²) in [7, 11) is 1.63. The predicted octanol–water partition coefficient (Wildman–Crippen LogP) is 5.06. The number of ether oxygens (including phenoxy) is 1. The molecule has 2 aromatic carbocycles. The Balaban J connectivity index is 1.97. The van der Waals surface area contributed by atoms with Crippen LogP contribution in [0.1, 0.15) is 48.1 Å². The number of aryl methyl sites for hydroxylation is 1. The van der Waals surface area contributed by atoms with E-state index in [1.54, 1.807) is 31.5 Å². The number of hydrogen-bond donors (Lipinski definition) is 1. The lowest BCUT2D eigenvalue weighted by Gasteiger charge is -2.14. The minimum Gasteiger partial charge on any atom is -0.382 e. The molecule has 0 aliphatic carbocycles. The molecule has 1 aliphatic heterocycles. The van der Waals surface area contributed by atoms with Gasteiger partial charge in [-0.1, -0.05) is 31.5 Å². The number of hydrogen-bond acceptors (Lipinski definition) is 3. The van der Waals surface area contributed by atoms with Crippen LogP contribution in [-0.4, -0.2) is 24.4 Å². The molecule has 3 aromatic rings. The third-order valence-electron chi connectivity index (χ3n) is 5.49. The van der Waals surface area contributed by atoms with E-state index in [9.17, 15) is 9.18 Å². The molecule has 154 valence electrons. The average Bonchev–Trinajstić information content (AvgIpc) is 2.88. The third kappa shape index (κ3) is 3.98. The molecule has 0 saturated heterocycles. The lowest BCUT2D eigenvalue weighted by atomic mass is 9.90. The number of nitrogens with one attached hydrogen (secondary N) is 1. The highest BCUT2D eigenvalue weighted by atomic mass is 19.1. The highest BCUT2D eigenvalue weighted by Crippen LogP contribution is 2.37. The molecule has 1 aromatic heterocycles. The number of aromatic nitrogens is 1. The van der Waals surface area contributed by atoms with E-state index in [4.69, 9.17) is 9.73 Å². The van der Waals surface area contributed by atoms with Gasteiger partial charge >= 0.3 is 0 Å². The average molecular weight is 404 g/mol. The van der Waals surface area contributed by atoms with Crippen LogP contribution in [-0.2, 0) is 11.2 Å². The fourth-order valence-corrected chi connectivity index (χ4v) is 3.97. The van der Waals surface area contributed by atoms with Gasteiger partial charge in [-0.15, -0.1) is 0 Å². The standard InChI is InChI=1S/C25H25FN2O2/c1-3-4-5-16-6-11-19-20(12-16)22-14-27-24(29)13-21(22)23(15-30-2)28-25(19)17-7-9-18(26)10-8-17/h6-14,23H,3-5,15H2,1-2H3,(H,27,29). The van der Waals surface area contributed by atoms with Crippen LogP contribution in [0, 0.1) is 5.82 Å². The Morgan fingerprint density at radius 1 is 1.07 bits per heavy atom. The highest BCUT2D eigenvalue weighted by Gasteiger charge is 2.25. The van der Waals surface area contributed by atoms with Crippen molar-refractivity contribution in [1.82, 2.24) is 4.98 Å². The van der Waals surface area contributed by atoms with Crippen molar-refractivity contribution in [2.75, 3.05) is 13.7 Å². The Hall–Kier alpha value is -3.05. The molecule has 0 spiro atoms. The minimum absolute atomic E-state index is 0.168. The number of benzene rings is 2. The van der Waals surface area contributed by atoms with Gasteiger partial charge in [0.25, 0.3) is 0 Å². The van der Waals surface area contributed by atoms with E-state index >= 15 is 0 Å². The fraction of sp³-hybridized carbons (Fsp3) is 0.280. The van der Waals surface area contributed by atoms with Crippen molar-refractivity contribution >= 4 is 5.71 Å². The summed E-state index contributed by atoms with van der Waals surface area (Å²) in [6.45, 7) is 2.52. The molecule has 1 atom stereocenters. The monoisotopic (exact) mass is 404 g/mol. The van der Waals surface area contributed by atoms with Crippen LogP contribution in [0.2, 0.25) is 0 Å². The van der Waals surface area contributed by atoms with Gasteiger partial charge in [0, 0.05) is 36.1 Å². The van der Waals surface area contributed by atoms with Crippen molar-refractivity contribution in [3.63, 3.8) is 0 Å². The summed E-state index contributed by atoms with van der Waals surface area (Å²) < 4.78 is 19.0. The first-order chi connectivity index (χ1) is 14.6. The number of rotatable bonds is 6. The smallest absolute Gasteiger partial charge is 0.248 e. The van der Waals surface area contributed by atoms with E-state index in [-0.39, 0.29) is 17.4 Å². The second-order valence-electron chi connectivity index (χ2n) is 7.61. The number of fused-ring (bicyclic) bond motifs is 3. The number of unbranched alkanes of at least 4 members (excludes halogenated alkanes) is 1. The van der Waals surface area contributed by atoms with Crippen LogP contribution < -0.4 is 5.56 Å². The highest BCUT2D eigenvalue weighted by molar-refractivity contribution is 6.17. The minimum atomic E-state index is -0.334. The van der Waals surface area contributed by atoms with Gasteiger partial charge in [-0.25, -0.2) is 4.39 Å². The van der Waals surface area contributed by atoms with E-state index in [2.05, 4.69) is 30.1 Å². The summed E-state index contributed by atoms with van der Waals surface area (Å²) >= 11 is 0. The topological polar surface area (TPSA) is 54.5 Å². The Labute approximate surface area is 175 Å². The summed E-state index contributed by atoms with van der Waals surface area (Å²) in [6.07, 6.45) is 5.00. The van der Waals surface area contributed by atoms with E-state index in [1.807, 2.05) is 0 Å². The van der Waals surface area contributed by atoms with Crippen molar-refractivity contribution in [3.05, 3.63) is 93.2 Å². The number of halogens is 1. The van der Waals surface area contributed by atoms with Gasteiger partial charge in [-0.2, -0.15) is 0 Å². The maximum Gasteiger partial charge on any atom is 0.248 e. The largest absolute Gasteiger partial charge is 0.382 e. The van der Waals surface area contributed by atoms with E-state index < -0.39 is 0 Å². The van der Waals surface area contributed by atoms with Gasteiger partial charge in [0.1, 0.15) is 5.82 Å². The summed E-state index contributed by atoms with van der Waals surface area (Å²) in [4.78, 5) is 19.9. The predicted molar refractivity (Wildman–Crippen MR) is 118 cm³/mol. The fourth-order valence-electron chi connectivity index (χ4n) is 3.97. The van der Waals surface area contributed by atoms with Crippen molar-refractivity contribution < 1.29 is 9.13 Å². The van der Waals surface area contributed by atoms with Crippen molar-refractivity contribution in [1.29, 1.82) is 0 Å². The maximum absolute atomic E-state index is 13.6. The third-order valence-corrected chi connectivity index (χ3v) is 5.49. The molecular formula is C25H25FN2O2.